The van der Waals surface area contributed by atoms with Crippen LogP contribution >= 0.6 is 23.2 Å². The van der Waals surface area contributed by atoms with E-state index in [1.54, 1.807) is 0 Å². The van der Waals surface area contributed by atoms with Crippen molar-refractivity contribution < 1.29 is 18.0 Å². The number of rotatable bonds is 2. The normalized spacial score (nSPS) is 20.2. The number of carbonyl (C=O) groups excluding carboxylic acids is 1. The summed E-state index contributed by atoms with van der Waals surface area (Å²) in [6, 6.07) is 2.95. The summed E-state index contributed by atoms with van der Waals surface area (Å²) < 4.78 is 38.0. The smallest absolute Gasteiger partial charge is 0.311 e. The van der Waals surface area contributed by atoms with Crippen molar-refractivity contribution in [3.63, 3.8) is 0 Å². The summed E-state index contributed by atoms with van der Waals surface area (Å²) in [4.78, 5) is 13.1. The predicted molar refractivity (Wildman–Crippen MR) is 67.6 cm³/mol. The Kier molecular flexibility index (Phi) is 3.97. The maximum Gasteiger partial charge on any atom is 0.416 e. The molecule has 1 amide bonds. The summed E-state index contributed by atoms with van der Waals surface area (Å²) in [5.41, 5.74) is -0.733. The van der Waals surface area contributed by atoms with Gasteiger partial charge in [0, 0.05) is 18.8 Å². The van der Waals surface area contributed by atoms with E-state index >= 15 is 0 Å². The highest BCUT2D eigenvalue weighted by atomic mass is 35.5. The van der Waals surface area contributed by atoms with E-state index < -0.39 is 11.7 Å². The van der Waals surface area contributed by atoms with Crippen molar-refractivity contribution in [3.8, 4) is 0 Å². The first-order valence-electron chi connectivity index (χ1n) is 5.56. The second-order valence-corrected chi connectivity index (χ2v) is 5.11. The van der Waals surface area contributed by atoms with Crippen LogP contribution in [-0.4, -0.2) is 18.3 Å². The summed E-state index contributed by atoms with van der Waals surface area (Å²) >= 11 is 11.6. The van der Waals surface area contributed by atoms with Crippen molar-refractivity contribution in [2.24, 2.45) is 5.92 Å². The molecule has 1 unspecified atom stereocenters. The van der Waals surface area contributed by atoms with Gasteiger partial charge in [0.2, 0.25) is 5.91 Å². The van der Waals surface area contributed by atoms with Gasteiger partial charge in [-0.1, -0.05) is 11.6 Å². The highest BCUT2D eigenvalue weighted by Gasteiger charge is 2.35. The van der Waals surface area contributed by atoms with Gasteiger partial charge in [0.15, 0.2) is 0 Å². The second kappa shape index (κ2) is 5.21. The van der Waals surface area contributed by atoms with Crippen molar-refractivity contribution in [1.82, 2.24) is 0 Å². The Morgan fingerprint density at radius 3 is 2.58 bits per heavy atom. The van der Waals surface area contributed by atoms with Crippen molar-refractivity contribution in [2.45, 2.75) is 12.6 Å². The molecule has 0 aliphatic carbocycles. The number of anilines is 1. The molecule has 104 valence electrons. The van der Waals surface area contributed by atoms with E-state index in [1.165, 1.54) is 4.90 Å². The summed E-state index contributed by atoms with van der Waals surface area (Å²) in [5.74, 6) is -0.0228. The summed E-state index contributed by atoms with van der Waals surface area (Å²) in [6.07, 6.45) is -4.23. The van der Waals surface area contributed by atoms with Crippen LogP contribution in [0.25, 0.3) is 0 Å². The Balaban J connectivity index is 2.37. The molecule has 0 spiro atoms. The highest BCUT2D eigenvalue weighted by molar-refractivity contribution is 6.34. The third kappa shape index (κ3) is 2.98. The number of hydrogen-bond acceptors (Lipinski definition) is 1. The first-order valence-corrected chi connectivity index (χ1v) is 6.47. The molecule has 0 N–H and O–H groups in total. The molecule has 0 aromatic heterocycles. The fourth-order valence-corrected chi connectivity index (χ4v) is 2.44. The molecule has 1 saturated heterocycles. The second-order valence-electron chi connectivity index (χ2n) is 4.39. The zero-order valence-electron chi connectivity index (χ0n) is 9.68. The van der Waals surface area contributed by atoms with Crippen LogP contribution in [-0.2, 0) is 11.0 Å². The molecule has 1 aliphatic heterocycles. The lowest BCUT2D eigenvalue weighted by atomic mass is 10.1. The maximum absolute atomic E-state index is 12.7. The van der Waals surface area contributed by atoms with Gasteiger partial charge >= 0.3 is 6.18 Å². The van der Waals surface area contributed by atoms with E-state index in [-0.39, 0.29) is 29.0 Å². The summed E-state index contributed by atoms with van der Waals surface area (Å²) in [5, 5.41) is 0.122. The Bertz CT molecular complexity index is 504. The molecule has 0 radical (unpaired) electrons. The first-order chi connectivity index (χ1) is 8.82. The molecule has 1 atom stereocenters. The highest BCUT2D eigenvalue weighted by Crippen LogP contribution is 2.37. The molecule has 1 aliphatic rings. The topological polar surface area (TPSA) is 20.3 Å². The SMILES string of the molecule is O=C1CC(CCl)CN1c1cc(C(F)(F)F)ccc1Cl. The molecule has 0 bridgehead atoms. The molecular formula is C12H10Cl2F3NO. The minimum atomic E-state index is -4.46. The Morgan fingerprint density at radius 1 is 1.37 bits per heavy atom. The molecule has 1 aromatic rings. The van der Waals surface area contributed by atoms with E-state index in [1.807, 2.05) is 0 Å². The van der Waals surface area contributed by atoms with Gasteiger partial charge in [0.25, 0.3) is 0 Å². The number of benzene rings is 1. The molecule has 0 saturated carbocycles. The number of halogens is 5. The Morgan fingerprint density at radius 2 is 2.05 bits per heavy atom. The number of alkyl halides is 4. The molecule has 1 aromatic carbocycles. The van der Waals surface area contributed by atoms with Gasteiger partial charge in [-0.2, -0.15) is 13.2 Å². The monoisotopic (exact) mass is 311 g/mol. The van der Waals surface area contributed by atoms with Crippen LogP contribution < -0.4 is 4.90 Å². The molecule has 19 heavy (non-hydrogen) atoms. The summed E-state index contributed by atoms with van der Waals surface area (Å²) in [6.45, 7) is 0.295. The van der Waals surface area contributed by atoms with E-state index in [9.17, 15) is 18.0 Å². The number of carbonyl (C=O) groups is 1. The van der Waals surface area contributed by atoms with Crippen LogP contribution in [0.3, 0.4) is 0 Å². The Hall–Kier alpha value is -0.940. The summed E-state index contributed by atoms with van der Waals surface area (Å²) in [7, 11) is 0. The fraction of sp³-hybridized carbons (Fsp3) is 0.417. The number of hydrogen-bond donors (Lipinski definition) is 0. The largest absolute Gasteiger partial charge is 0.416 e. The maximum atomic E-state index is 12.7. The van der Waals surface area contributed by atoms with Crippen LogP contribution in [0.2, 0.25) is 5.02 Å². The molecule has 2 rings (SSSR count). The average Bonchev–Trinajstić information content (AvgIpc) is 2.69. The van der Waals surface area contributed by atoms with Gasteiger partial charge in [-0.15, -0.1) is 11.6 Å². The van der Waals surface area contributed by atoms with Crippen LogP contribution in [0, 0.1) is 5.92 Å². The lowest BCUT2D eigenvalue weighted by Crippen LogP contribution is -2.25. The molecule has 1 fully saturated rings. The minimum absolute atomic E-state index is 0.0558. The zero-order chi connectivity index (χ0) is 14.2. The van der Waals surface area contributed by atoms with Crippen molar-refractivity contribution in [2.75, 3.05) is 17.3 Å². The van der Waals surface area contributed by atoms with E-state index in [0.29, 0.717) is 12.4 Å². The van der Waals surface area contributed by atoms with Crippen LogP contribution in [0.15, 0.2) is 18.2 Å². The van der Waals surface area contributed by atoms with Gasteiger partial charge in [-0.05, 0) is 24.1 Å². The molecule has 1 heterocycles. The molecule has 2 nitrogen and oxygen atoms in total. The average molecular weight is 312 g/mol. The third-order valence-electron chi connectivity index (χ3n) is 2.99. The van der Waals surface area contributed by atoms with Gasteiger partial charge in [-0.25, -0.2) is 0 Å². The first kappa shape index (κ1) is 14.5. The zero-order valence-corrected chi connectivity index (χ0v) is 11.2. The van der Waals surface area contributed by atoms with E-state index in [2.05, 4.69) is 0 Å². The van der Waals surface area contributed by atoms with E-state index in [0.717, 1.165) is 18.2 Å². The third-order valence-corrected chi connectivity index (χ3v) is 3.74. The fourth-order valence-electron chi connectivity index (χ4n) is 2.01. The number of nitrogens with zero attached hydrogens (tertiary/aromatic N) is 1. The van der Waals surface area contributed by atoms with Crippen LogP contribution in [0.1, 0.15) is 12.0 Å². The van der Waals surface area contributed by atoms with Crippen molar-refractivity contribution >= 4 is 34.8 Å². The quantitative estimate of drug-likeness (QED) is 0.757. The minimum Gasteiger partial charge on any atom is -0.311 e. The van der Waals surface area contributed by atoms with Gasteiger partial charge in [0.1, 0.15) is 0 Å². The van der Waals surface area contributed by atoms with Gasteiger partial charge < -0.3 is 4.90 Å². The standard InChI is InChI=1S/C12H10Cl2F3NO/c13-5-7-3-11(19)18(6-7)10-4-8(12(15,16)17)1-2-9(10)14/h1-2,4,7H,3,5-6H2. The predicted octanol–water partition coefficient (Wildman–Crippen LogP) is 3.95. The van der Waals surface area contributed by atoms with Gasteiger partial charge in [0.05, 0.1) is 16.3 Å². The Labute approximate surface area is 118 Å². The van der Waals surface area contributed by atoms with Gasteiger partial charge in [-0.3, -0.25) is 4.79 Å². The van der Waals surface area contributed by atoms with Crippen molar-refractivity contribution in [1.29, 1.82) is 0 Å². The molecule has 7 heteroatoms. The molecular weight excluding hydrogens is 302 g/mol. The van der Waals surface area contributed by atoms with Crippen molar-refractivity contribution in [3.05, 3.63) is 28.8 Å². The van der Waals surface area contributed by atoms with Crippen LogP contribution in [0.4, 0.5) is 18.9 Å². The lowest BCUT2D eigenvalue weighted by Gasteiger charge is -2.19. The lowest BCUT2D eigenvalue weighted by molar-refractivity contribution is -0.137. The number of amides is 1. The van der Waals surface area contributed by atoms with Crippen LogP contribution in [0.5, 0.6) is 0 Å². The van der Waals surface area contributed by atoms with E-state index in [4.69, 9.17) is 23.2 Å².